The number of hydrogen-bond acceptors (Lipinski definition) is 5. The average molecular weight is 305 g/mol. The van der Waals surface area contributed by atoms with Gasteiger partial charge in [0.2, 0.25) is 0 Å². The SMILES string of the molecule is O=[N+]([O-])c1ccccc1OCCSc1nccn1C1CC1. The summed E-state index contributed by atoms with van der Waals surface area (Å²) in [5, 5.41) is 11.9. The Bertz CT molecular complexity index is 640. The van der Waals surface area contributed by atoms with Crippen molar-refractivity contribution >= 4 is 17.4 Å². The van der Waals surface area contributed by atoms with E-state index < -0.39 is 4.92 Å². The number of thioether (sulfide) groups is 1. The second-order valence-electron chi connectivity index (χ2n) is 4.77. The largest absolute Gasteiger partial charge is 0.486 e. The van der Waals surface area contributed by atoms with E-state index in [-0.39, 0.29) is 5.69 Å². The molecule has 2 aromatic rings. The van der Waals surface area contributed by atoms with Crippen molar-refractivity contribution in [2.75, 3.05) is 12.4 Å². The Kier molecular flexibility index (Phi) is 4.10. The molecule has 1 saturated carbocycles. The molecule has 0 saturated heterocycles. The van der Waals surface area contributed by atoms with Gasteiger partial charge in [-0.15, -0.1) is 0 Å². The smallest absolute Gasteiger partial charge is 0.310 e. The topological polar surface area (TPSA) is 70.2 Å². The summed E-state index contributed by atoms with van der Waals surface area (Å²) in [4.78, 5) is 14.8. The van der Waals surface area contributed by atoms with Crippen LogP contribution in [0.4, 0.5) is 5.69 Å². The number of hydrogen-bond donors (Lipinski definition) is 0. The maximum Gasteiger partial charge on any atom is 0.310 e. The first kappa shape index (κ1) is 13.9. The number of nitrogens with zero attached hydrogens (tertiary/aromatic N) is 3. The minimum absolute atomic E-state index is 0.00183. The number of nitro benzene ring substituents is 1. The number of aromatic nitrogens is 2. The summed E-state index contributed by atoms with van der Waals surface area (Å²) in [6.07, 6.45) is 6.25. The van der Waals surface area contributed by atoms with Crippen LogP contribution in [0.3, 0.4) is 0 Å². The van der Waals surface area contributed by atoms with Crippen molar-refractivity contribution in [3.05, 3.63) is 46.8 Å². The Labute approximate surface area is 126 Å². The first-order valence-corrected chi connectivity index (χ1v) is 7.76. The molecule has 0 aliphatic heterocycles. The van der Waals surface area contributed by atoms with Crippen LogP contribution in [0.15, 0.2) is 41.8 Å². The number of ether oxygens (including phenoxy) is 1. The quantitative estimate of drug-likeness (QED) is 0.340. The first-order valence-electron chi connectivity index (χ1n) is 6.77. The molecule has 3 rings (SSSR count). The molecule has 1 aromatic carbocycles. The average Bonchev–Trinajstić information content (AvgIpc) is 3.23. The lowest BCUT2D eigenvalue weighted by Crippen LogP contribution is -2.04. The molecule has 21 heavy (non-hydrogen) atoms. The predicted molar refractivity (Wildman–Crippen MR) is 79.8 cm³/mol. The van der Waals surface area contributed by atoms with Gasteiger partial charge in [0, 0.05) is 30.3 Å². The van der Waals surface area contributed by atoms with Gasteiger partial charge in [0.1, 0.15) is 0 Å². The maximum absolute atomic E-state index is 10.9. The molecular formula is C14H15N3O3S. The molecule has 0 bridgehead atoms. The summed E-state index contributed by atoms with van der Waals surface area (Å²) in [6.45, 7) is 0.410. The molecule has 0 radical (unpaired) electrons. The minimum Gasteiger partial charge on any atom is -0.486 e. The Balaban J connectivity index is 1.52. The van der Waals surface area contributed by atoms with E-state index in [1.165, 1.54) is 18.9 Å². The summed E-state index contributed by atoms with van der Waals surface area (Å²) < 4.78 is 7.70. The zero-order valence-corrected chi connectivity index (χ0v) is 12.2. The standard InChI is InChI=1S/C14H15N3O3S/c18-17(19)12-3-1-2-4-13(12)20-9-10-21-14-15-7-8-16(14)11-5-6-11/h1-4,7-8,11H,5-6,9-10H2. The third-order valence-corrected chi connectivity index (χ3v) is 4.15. The summed E-state index contributed by atoms with van der Waals surface area (Å²) in [5.74, 6) is 1.02. The molecule has 0 unspecified atom stereocenters. The monoisotopic (exact) mass is 305 g/mol. The molecular weight excluding hydrogens is 290 g/mol. The zero-order chi connectivity index (χ0) is 14.7. The molecule has 1 aromatic heterocycles. The van der Waals surface area contributed by atoms with Crippen LogP contribution in [0, 0.1) is 10.1 Å². The van der Waals surface area contributed by atoms with Gasteiger partial charge in [-0.3, -0.25) is 10.1 Å². The third kappa shape index (κ3) is 3.36. The Morgan fingerprint density at radius 2 is 2.24 bits per heavy atom. The highest BCUT2D eigenvalue weighted by atomic mass is 32.2. The highest BCUT2D eigenvalue weighted by Crippen LogP contribution is 2.37. The van der Waals surface area contributed by atoms with E-state index in [1.807, 2.05) is 12.4 Å². The molecule has 1 fully saturated rings. The summed E-state index contributed by atoms with van der Waals surface area (Å²) in [6, 6.07) is 7.03. The molecule has 0 amide bonds. The second kappa shape index (κ2) is 6.17. The van der Waals surface area contributed by atoms with Crippen LogP contribution < -0.4 is 4.74 Å². The van der Waals surface area contributed by atoms with Crippen LogP contribution in [-0.4, -0.2) is 26.8 Å². The van der Waals surface area contributed by atoms with Crippen molar-refractivity contribution in [3.63, 3.8) is 0 Å². The fourth-order valence-corrected chi connectivity index (χ4v) is 2.90. The van der Waals surface area contributed by atoms with Crippen LogP contribution in [0.1, 0.15) is 18.9 Å². The van der Waals surface area contributed by atoms with Gasteiger partial charge in [-0.2, -0.15) is 0 Å². The van der Waals surface area contributed by atoms with Crippen LogP contribution in [0.2, 0.25) is 0 Å². The van der Waals surface area contributed by atoms with Gasteiger partial charge in [-0.25, -0.2) is 4.98 Å². The normalized spacial score (nSPS) is 14.1. The molecule has 0 N–H and O–H groups in total. The molecule has 6 nitrogen and oxygen atoms in total. The van der Waals surface area contributed by atoms with Crippen molar-refractivity contribution in [1.82, 2.24) is 9.55 Å². The third-order valence-electron chi connectivity index (χ3n) is 3.21. The Morgan fingerprint density at radius 1 is 1.43 bits per heavy atom. The fourth-order valence-electron chi connectivity index (χ4n) is 2.06. The van der Waals surface area contributed by atoms with Crippen LogP contribution in [-0.2, 0) is 0 Å². The predicted octanol–water partition coefficient (Wildman–Crippen LogP) is 3.30. The van der Waals surface area contributed by atoms with Crippen molar-refractivity contribution in [3.8, 4) is 5.75 Å². The summed E-state index contributed by atoms with van der Waals surface area (Å²) in [7, 11) is 0. The molecule has 0 spiro atoms. The van der Waals surface area contributed by atoms with E-state index in [2.05, 4.69) is 9.55 Å². The number of para-hydroxylation sites is 2. The molecule has 7 heteroatoms. The fraction of sp³-hybridized carbons (Fsp3) is 0.357. The number of nitro groups is 1. The van der Waals surface area contributed by atoms with Gasteiger partial charge in [0.25, 0.3) is 0 Å². The van der Waals surface area contributed by atoms with Crippen LogP contribution in [0.25, 0.3) is 0 Å². The lowest BCUT2D eigenvalue weighted by atomic mass is 10.3. The van der Waals surface area contributed by atoms with E-state index in [0.717, 1.165) is 5.16 Å². The van der Waals surface area contributed by atoms with E-state index in [0.29, 0.717) is 24.2 Å². The minimum atomic E-state index is -0.428. The lowest BCUT2D eigenvalue weighted by Gasteiger charge is -2.07. The Morgan fingerprint density at radius 3 is 3.00 bits per heavy atom. The Hall–Kier alpha value is -2.02. The van der Waals surface area contributed by atoms with Gasteiger partial charge in [-0.05, 0) is 18.9 Å². The van der Waals surface area contributed by atoms with E-state index in [1.54, 1.807) is 30.0 Å². The molecule has 110 valence electrons. The molecule has 1 aliphatic rings. The van der Waals surface area contributed by atoms with Crippen molar-refractivity contribution in [1.29, 1.82) is 0 Å². The number of rotatable bonds is 7. The van der Waals surface area contributed by atoms with Crippen molar-refractivity contribution < 1.29 is 9.66 Å². The van der Waals surface area contributed by atoms with Crippen LogP contribution >= 0.6 is 11.8 Å². The molecule has 1 heterocycles. The van der Waals surface area contributed by atoms with Gasteiger partial charge < -0.3 is 9.30 Å². The summed E-state index contributed by atoms with van der Waals surface area (Å²) in [5.41, 5.74) is 0.00183. The second-order valence-corrected chi connectivity index (χ2v) is 5.83. The zero-order valence-electron chi connectivity index (χ0n) is 11.3. The lowest BCUT2D eigenvalue weighted by molar-refractivity contribution is -0.385. The number of imidazole rings is 1. The first-order chi connectivity index (χ1) is 10.3. The molecule has 1 aliphatic carbocycles. The van der Waals surface area contributed by atoms with Gasteiger partial charge in [-0.1, -0.05) is 23.9 Å². The van der Waals surface area contributed by atoms with Crippen molar-refractivity contribution in [2.45, 2.75) is 24.0 Å². The van der Waals surface area contributed by atoms with Crippen molar-refractivity contribution in [2.24, 2.45) is 0 Å². The van der Waals surface area contributed by atoms with Gasteiger partial charge >= 0.3 is 5.69 Å². The van der Waals surface area contributed by atoms with Crippen LogP contribution in [0.5, 0.6) is 5.75 Å². The molecule has 0 atom stereocenters. The van der Waals surface area contributed by atoms with E-state index in [4.69, 9.17) is 4.74 Å². The highest BCUT2D eigenvalue weighted by molar-refractivity contribution is 7.99. The summed E-state index contributed by atoms with van der Waals surface area (Å²) >= 11 is 1.61. The van der Waals surface area contributed by atoms with E-state index in [9.17, 15) is 10.1 Å². The van der Waals surface area contributed by atoms with Gasteiger partial charge in [0.05, 0.1) is 11.5 Å². The van der Waals surface area contributed by atoms with E-state index >= 15 is 0 Å². The highest BCUT2D eigenvalue weighted by Gasteiger charge is 2.25. The number of benzene rings is 1. The maximum atomic E-state index is 10.9. The van der Waals surface area contributed by atoms with Gasteiger partial charge in [0.15, 0.2) is 10.9 Å².